The summed E-state index contributed by atoms with van der Waals surface area (Å²) in [6, 6.07) is 21.0. The number of carbonyl (C=O) groups is 2. The van der Waals surface area contributed by atoms with Gasteiger partial charge in [0.2, 0.25) is 11.8 Å². The number of para-hydroxylation sites is 2. The fourth-order valence-corrected chi connectivity index (χ4v) is 3.75. The molecule has 0 saturated carbocycles. The molecule has 2 amide bonds. The number of methoxy groups -OCH3 is 1. The molecule has 0 atom stereocenters. The minimum absolute atomic E-state index is 0.0677. The van der Waals surface area contributed by atoms with Crippen LogP contribution in [0.4, 0.5) is 11.4 Å². The largest absolute Gasteiger partial charge is 0.497 e. The Hall–Kier alpha value is -3.93. The lowest BCUT2D eigenvalue weighted by molar-refractivity contribution is -0.123. The summed E-state index contributed by atoms with van der Waals surface area (Å²) < 4.78 is 5.16. The van der Waals surface area contributed by atoms with Crippen molar-refractivity contribution in [3.8, 4) is 5.75 Å². The summed E-state index contributed by atoms with van der Waals surface area (Å²) in [6.07, 6.45) is 0.128. The molecule has 6 nitrogen and oxygen atoms in total. The predicted molar refractivity (Wildman–Crippen MR) is 130 cm³/mol. The van der Waals surface area contributed by atoms with Gasteiger partial charge in [-0.2, -0.15) is 0 Å². The number of hydrogen-bond donors (Lipinski definition) is 1. The lowest BCUT2D eigenvalue weighted by Crippen LogP contribution is -2.41. The van der Waals surface area contributed by atoms with Crippen LogP contribution in [0.3, 0.4) is 0 Å². The van der Waals surface area contributed by atoms with E-state index in [0.717, 1.165) is 22.4 Å². The van der Waals surface area contributed by atoms with Crippen LogP contribution in [0.25, 0.3) is 0 Å². The van der Waals surface area contributed by atoms with Gasteiger partial charge < -0.3 is 15.0 Å². The van der Waals surface area contributed by atoms with Crippen LogP contribution in [-0.2, 0) is 16.1 Å². The molecule has 4 rings (SSSR count). The van der Waals surface area contributed by atoms with E-state index in [2.05, 4.69) is 18.3 Å². The van der Waals surface area contributed by atoms with Gasteiger partial charge in [-0.05, 0) is 66.4 Å². The first-order valence-corrected chi connectivity index (χ1v) is 10.9. The Morgan fingerprint density at radius 2 is 1.79 bits per heavy atom. The molecule has 0 fully saturated rings. The van der Waals surface area contributed by atoms with Crippen molar-refractivity contribution in [2.75, 3.05) is 18.6 Å². The number of rotatable bonds is 6. The topological polar surface area (TPSA) is 71.0 Å². The number of hydrogen-bond acceptors (Lipinski definition) is 4. The highest BCUT2D eigenvalue weighted by atomic mass is 16.5. The molecular weight excluding hydrogens is 414 g/mol. The Balaban J connectivity index is 1.52. The Labute approximate surface area is 193 Å². The minimum Gasteiger partial charge on any atom is -0.497 e. The zero-order valence-corrected chi connectivity index (χ0v) is 19.1. The number of amides is 2. The summed E-state index contributed by atoms with van der Waals surface area (Å²) in [4.78, 5) is 32.3. The third kappa shape index (κ3) is 5.12. The standard InChI is InChI=1S/C27H27N3O3/c1-18-8-11-21(14-19(18)2)24-15-27(32)30(25-7-5-4-6-23(25)29-24)17-26(31)28-16-20-9-12-22(33-3)13-10-20/h4-14H,15-17H2,1-3H3,(H,28,31). The van der Waals surface area contributed by atoms with E-state index < -0.39 is 0 Å². The smallest absolute Gasteiger partial charge is 0.240 e. The van der Waals surface area contributed by atoms with Gasteiger partial charge in [0.05, 0.1) is 30.6 Å². The summed E-state index contributed by atoms with van der Waals surface area (Å²) in [5.74, 6) is 0.372. The van der Waals surface area contributed by atoms with Gasteiger partial charge in [0, 0.05) is 6.54 Å². The van der Waals surface area contributed by atoms with E-state index in [0.29, 0.717) is 23.6 Å². The third-order valence-electron chi connectivity index (χ3n) is 5.84. The molecular formula is C27H27N3O3. The van der Waals surface area contributed by atoms with Gasteiger partial charge in [0.1, 0.15) is 12.3 Å². The van der Waals surface area contributed by atoms with E-state index in [4.69, 9.17) is 9.73 Å². The summed E-state index contributed by atoms with van der Waals surface area (Å²) in [6.45, 7) is 4.41. The summed E-state index contributed by atoms with van der Waals surface area (Å²) in [5.41, 5.74) is 6.24. The Bertz CT molecular complexity index is 1220. The molecule has 1 aliphatic heterocycles. The molecule has 1 heterocycles. The molecule has 0 radical (unpaired) electrons. The number of benzene rings is 3. The van der Waals surface area contributed by atoms with Crippen molar-refractivity contribution in [1.82, 2.24) is 5.32 Å². The lowest BCUT2D eigenvalue weighted by Gasteiger charge is -2.22. The van der Waals surface area contributed by atoms with Gasteiger partial charge in [-0.25, -0.2) is 0 Å². The molecule has 33 heavy (non-hydrogen) atoms. The van der Waals surface area contributed by atoms with E-state index >= 15 is 0 Å². The lowest BCUT2D eigenvalue weighted by atomic mass is 10.0. The highest BCUT2D eigenvalue weighted by Gasteiger charge is 2.26. The summed E-state index contributed by atoms with van der Waals surface area (Å²) in [5, 5.41) is 2.90. The average molecular weight is 442 g/mol. The fourth-order valence-electron chi connectivity index (χ4n) is 3.75. The first-order valence-electron chi connectivity index (χ1n) is 10.9. The first kappa shape index (κ1) is 22.3. The van der Waals surface area contributed by atoms with Gasteiger partial charge in [-0.3, -0.25) is 14.6 Å². The highest BCUT2D eigenvalue weighted by molar-refractivity contribution is 6.18. The van der Waals surface area contributed by atoms with E-state index in [1.807, 2.05) is 67.6 Å². The molecule has 0 aliphatic carbocycles. The number of ether oxygens (including phenoxy) is 1. The monoisotopic (exact) mass is 441 g/mol. The maximum Gasteiger partial charge on any atom is 0.240 e. The molecule has 3 aromatic carbocycles. The van der Waals surface area contributed by atoms with E-state index in [1.54, 1.807) is 7.11 Å². The van der Waals surface area contributed by atoms with Crippen molar-refractivity contribution in [3.05, 3.63) is 89.0 Å². The predicted octanol–water partition coefficient (Wildman–Crippen LogP) is 4.49. The number of carbonyl (C=O) groups excluding carboxylic acids is 2. The summed E-state index contributed by atoms with van der Waals surface area (Å²) >= 11 is 0. The molecule has 0 saturated heterocycles. The number of nitrogens with one attached hydrogen (secondary N) is 1. The number of aryl methyl sites for hydroxylation is 2. The van der Waals surface area contributed by atoms with Crippen LogP contribution in [0.15, 0.2) is 71.7 Å². The molecule has 1 N–H and O–H groups in total. The highest BCUT2D eigenvalue weighted by Crippen LogP contribution is 2.33. The molecule has 0 unspecified atom stereocenters. The molecule has 0 aromatic heterocycles. The second kappa shape index (κ2) is 9.69. The van der Waals surface area contributed by atoms with Gasteiger partial charge >= 0.3 is 0 Å². The maximum atomic E-state index is 13.2. The molecule has 0 spiro atoms. The van der Waals surface area contributed by atoms with Crippen molar-refractivity contribution >= 4 is 28.9 Å². The van der Waals surface area contributed by atoms with Gasteiger partial charge in [0.15, 0.2) is 0 Å². The van der Waals surface area contributed by atoms with Crippen LogP contribution in [-0.4, -0.2) is 31.2 Å². The van der Waals surface area contributed by atoms with E-state index in [9.17, 15) is 9.59 Å². The number of anilines is 1. The van der Waals surface area contributed by atoms with E-state index in [1.165, 1.54) is 10.5 Å². The zero-order chi connectivity index (χ0) is 23.4. The van der Waals surface area contributed by atoms with Gasteiger partial charge in [-0.15, -0.1) is 0 Å². The van der Waals surface area contributed by atoms with Crippen molar-refractivity contribution in [1.29, 1.82) is 0 Å². The maximum absolute atomic E-state index is 13.2. The Kier molecular flexibility index (Phi) is 6.54. The first-order chi connectivity index (χ1) is 15.9. The second-order valence-corrected chi connectivity index (χ2v) is 8.13. The van der Waals surface area contributed by atoms with Crippen molar-refractivity contribution in [2.24, 2.45) is 4.99 Å². The Morgan fingerprint density at radius 1 is 1.03 bits per heavy atom. The molecule has 1 aliphatic rings. The van der Waals surface area contributed by atoms with Gasteiger partial charge in [0.25, 0.3) is 0 Å². The Morgan fingerprint density at radius 3 is 2.52 bits per heavy atom. The van der Waals surface area contributed by atoms with Crippen LogP contribution in [0, 0.1) is 13.8 Å². The van der Waals surface area contributed by atoms with Crippen LogP contribution in [0.2, 0.25) is 0 Å². The number of nitrogens with zero attached hydrogens (tertiary/aromatic N) is 2. The van der Waals surface area contributed by atoms with Crippen LogP contribution in [0.1, 0.15) is 28.7 Å². The second-order valence-electron chi connectivity index (χ2n) is 8.13. The van der Waals surface area contributed by atoms with Crippen molar-refractivity contribution in [2.45, 2.75) is 26.8 Å². The van der Waals surface area contributed by atoms with Crippen LogP contribution in [0.5, 0.6) is 5.75 Å². The quantitative estimate of drug-likeness (QED) is 0.613. The third-order valence-corrected chi connectivity index (χ3v) is 5.84. The zero-order valence-electron chi connectivity index (χ0n) is 19.1. The van der Waals surface area contributed by atoms with Crippen molar-refractivity contribution in [3.63, 3.8) is 0 Å². The van der Waals surface area contributed by atoms with Crippen molar-refractivity contribution < 1.29 is 14.3 Å². The molecule has 6 heteroatoms. The molecule has 168 valence electrons. The number of fused-ring (bicyclic) bond motifs is 1. The van der Waals surface area contributed by atoms with Crippen LogP contribution < -0.4 is 15.0 Å². The normalized spacial score (nSPS) is 13.1. The minimum atomic E-state index is -0.233. The molecule has 0 bridgehead atoms. The van der Waals surface area contributed by atoms with Gasteiger partial charge in [-0.1, -0.05) is 36.4 Å². The average Bonchev–Trinajstić information content (AvgIpc) is 2.96. The number of aliphatic imine (C=N–C) groups is 1. The van der Waals surface area contributed by atoms with Crippen LogP contribution >= 0.6 is 0 Å². The SMILES string of the molecule is COc1ccc(CNC(=O)CN2C(=O)CC(c3ccc(C)c(C)c3)=Nc3ccccc32)cc1. The fraction of sp³-hybridized carbons (Fsp3) is 0.222. The molecule has 3 aromatic rings. The summed E-state index contributed by atoms with van der Waals surface area (Å²) in [7, 11) is 1.61. The van der Waals surface area contributed by atoms with E-state index in [-0.39, 0.29) is 24.8 Å².